The molecule has 0 radical (unpaired) electrons. The number of benzene rings is 3. The van der Waals surface area contributed by atoms with E-state index in [0.29, 0.717) is 29.4 Å². The molecular weight excluding hydrogens is 524 g/mol. The summed E-state index contributed by atoms with van der Waals surface area (Å²) in [5.41, 5.74) is 5.04. The topological polar surface area (TPSA) is 100 Å². The van der Waals surface area contributed by atoms with E-state index in [1.165, 1.54) is 5.56 Å². The third-order valence-corrected chi connectivity index (χ3v) is 6.75. The number of aromatic nitrogens is 4. The fourth-order valence-corrected chi connectivity index (χ4v) is 4.55. The number of nitrogens with zero attached hydrogens (tertiary/aromatic N) is 5. The first kappa shape index (κ1) is 27.2. The van der Waals surface area contributed by atoms with E-state index in [-0.39, 0.29) is 0 Å². The van der Waals surface area contributed by atoms with Crippen LogP contribution in [-0.4, -0.2) is 54.2 Å². The molecule has 0 atom stereocenters. The molecule has 0 saturated heterocycles. The van der Waals surface area contributed by atoms with Gasteiger partial charge in [-0.05, 0) is 73.0 Å². The summed E-state index contributed by atoms with van der Waals surface area (Å²) < 4.78 is 5.24. The van der Waals surface area contributed by atoms with Crippen molar-refractivity contribution in [3.8, 4) is 5.75 Å². The molecule has 0 fully saturated rings. The van der Waals surface area contributed by atoms with E-state index in [4.69, 9.17) is 21.3 Å². The molecule has 2 aromatic heterocycles. The van der Waals surface area contributed by atoms with Crippen LogP contribution in [0, 0.1) is 0 Å². The van der Waals surface area contributed by atoms with Crippen LogP contribution in [0.3, 0.4) is 0 Å². The Morgan fingerprint density at radius 2 is 1.57 bits per heavy atom. The highest BCUT2D eigenvalue weighted by Gasteiger charge is 2.11. The van der Waals surface area contributed by atoms with Crippen LogP contribution in [0.4, 0.5) is 29.2 Å². The van der Waals surface area contributed by atoms with E-state index >= 15 is 0 Å². The third-order valence-electron chi connectivity index (χ3n) is 6.52. The largest absolute Gasteiger partial charge is 0.497 e. The van der Waals surface area contributed by atoms with Gasteiger partial charge in [-0.2, -0.15) is 15.0 Å². The number of hydrogen-bond acceptors (Lipinski definition) is 9. The minimum atomic E-state index is 0.463. The number of ether oxygens (including phenoxy) is 1. The molecule has 0 aliphatic heterocycles. The summed E-state index contributed by atoms with van der Waals surface area (Å²) in [4.78, 5) is 20.4. The minimum absolute atomic E-state index is 0.463. The first-order chi connectivity index (χ1) is 19.4. The average molecular weight is 557 g/mol. The zero-order valence-corrected chi connectivity index (χ0v) is 23.9. The molecule has 0 spiro atoms. The quantitative estimate of drug-likeness (QED) is 0.124. The summed E-state index contributed by atoms with van der Waals surface area (Å²) in [6, 6.07) is 19.9. The number of halogens is 1. The number of fused-ring (bicyclic) bond motifs is 2. The van der Waals surface area contributed by atoms with E-state index in [1.807, 2.05) is 61.5 Å². The maximum atomic E-state index is 6.28. The van der Waals surface area contributed by atoms with Gasteiger partial charge in [0.15, 0.2) is 0 Å². The zero-order chi connectivity index (χ0) is 28.1. The van der Waals surface area contributed by atoms with Crippen LogP contribution in [0.2, 0.25) is 5.02 Å². The maximum Gasteiger partial charge on any atom is 0.233 e. The molecule has 2 heterocycles. The Morgan fingerprint density at radius 3 is 2.33 bits per heavy atom. The summed E-state index contributed by atoms with van der Waals surface area (Å²) in [6.07, 6.45) is 1.81. The highest BCUT2D eigenvalue weighted by atomic mass is 35.5. The molecule has 3 N–H and O–H groups in total. The lowest BCUT2D eigenvalue weighted by atomic mass is 10.0. The van der Waals surface area contributed by atoms with Gasteiger partial charge in [0.1, 0.15) is 5.75 Å². The lowest BCUT2D eigenvalue weighted by Gasteiger charge is -2.15. The van der Waals surface area contributed by atoms with Gasteiger partial charge in [-0.3, -0.25) is 0 Å². The molecule has 0 saturated carbocycles. The molecule has 5 aromatic rings. The number of nitrogens with one attached hydrogen (secondary N) is 3. The molecule has 206 valence electrons. The number of rotatable bonds is 11. The smallest absolute Gasteiger partial charge is 0.233 e. The van der Waals surface area contributed by atoms with E-state index in [2.05, 4.69) is 56.0 Å². The van der Waals surface area contributed by atoms with Crippen molar-refractivity contribution in [3.05, 3.63) is 71.2 Å². The van der Waals surface area contributed by atoms with Gasteiger partial charge < -0.3 is 25.6 Å². The second-order valence-corrected chi connectivity index (χ2v) is 10.0. The van der Waals surface area contributed by atoms with Gasteiger partial charge in [-0.1, -0.05) is 24.6 Å². The summed E-state index contributed by atoms with van der Waals surface area (Å²) in [5.74, 6) is 2.32. The molecule has 0 amide bonds. The van der Waals surface area contributed by atoms with Crippen LogP contribution < -0.4 is 25.6 Å². The summed E-state index contributed by atoms with van der Waals surface area (Å²) in [6.45, 7) is 3.59. The third kappa shape index (κ3) is 6.26. The molecule has 5 rings (SSSR count). The van der Waals surface area contributed by atoms with Crippen molar-refractivity contribution < 1.29 is 4.74 Å². The van der Waals surface area contributed by atoms with Crippen LogP contribution in [0.5, 0.6) is 5.75 Å². The second kappa shape index (κ2) is 12.2. The second-order valence-electron chi connectivity index (χ2n) is 9.59. The van der Waals surface area contributed by atoms with Crippen molar-refractivity contribution in [1.29, 1.82) is 0 Å². The average Bonchev–Trinajstić information content (AvgIpc) is 2.96. The normalized spacial score (nSPS) is 11.0. The summed E-state index contributed by atoms with van der Waals surface area (Å²) in [5, 5.41) is 13.1. The Morgan fingerprint density at radius 1 is 0.800 bits per heavy atom. The van der Waals surface area contributed by atoms with Crippen molar-refractivity contribution in [2.45, 2.75) is 19.8 Å². The van der Waals surface area contributed by atoms with E-state index < -0.39 is 0 Å². The zero-order valence-electron chi connectivity index (χ0n) is 23.1. The van der Waals surface area contributed by atoms with Crippen LogP contribution in [-0.2, 0) is 6.42 Å². The van der Waals surface area contributed by atoms with Gasteiger partial charge >= 0.3 is 0 Å². The van der Waals surface area contributed by atoms with Gasteiger partial charge in [0.25, 0.3) is 0 Å². The number of aryl methyl sites for hydroxylation is 1. The highest BCUT2D eigenvalue weighted by molar-refractivity contribution is 6.31. The molecule has 0 bridgehead atoms. The SMILES string of the molecule is CCc1ccc2nc3cc(Cl)ccc3c(NCCCNc3nc(Nc4ccc(OC)cc4)nc(N(C)C)n3)c2c1. The van der Waals surface area contributed by atoms with Crippen molar-refractivity contribution in [1.82, 2.24) is 19.9 Å². The Labute approximate surface area is 239 Å². The number of anilines is 5. The first-order valence-corrected chi connectivity index (χ1v) is 13.7. The molecule has 0 aliphatic rings. The van der Waals surface area contributed by atoms with Gasteiger partial charge in [-0.25, -0.2) is 4.98 Å². The fourth-order valence-electron chi connectivity index (χ4n) is 4.38. The number of methoxy groups -OCH3 is 1. The van der Waals surface area contributed by atoms with E-state index in [9.17, 15) is 0 Å². The predicted molar refractivity (Wildman–Crippen MR) is 166 cm³/mol. The molecular formula is C30H33ClN8O. The van der Waals surface area contributed by atoms with Gasteiger partial charge in [-0.15, -0.1) is 0 Å². The first-order valence-electron chi connectivity index (χ1n) is 13.3. The Balaban J connectivity index is 1.28. The van der Waals surface area contributed by atoms with Crippen LogP contribution in [0.25, 0.3) is 21.8 Å². The van der Waals surface area contributed by atoms with Gasteiger partial charge in [0, 0.05) is 48.7 Å². The molecule has 0 unspecified atom stereocenters. The molecule has 10 heteroatoms. The van der Waals surface area contributed by atoms with Crippen molar-refractivity contribution in [2.24, 2.45) is 0 Å². The van der Waals surface area contributed by atoms with Crippen LogP contribution in [0.1, 0.15) is 18.9 Å². The summed E-state index contributed by atoms with van der Waals surface area (Å²) in [7, 11) is 5.45. The predicted octanol–water partition coefficient (Wildman–Crippen LogP) is 6.52. The van der Waals surface area contributed by atoms with Gasteiger partial charge in [0.05, 0.1) is 23.8 Å². The molecule has 3 aromatic carbocycles. The Hall–Kier alpha value is -4.37. The number of hydrogen-bond donors (Lipinski definition) is 3. The van der Waals surface area contributed by atoms with Crippen LogP contribution >= 0.6 is 11.6 Å². The van der Waals surface area contributed by atoms with Crippen molar-refractivity contribution in [3.63, 3.8) is 0 Å². The van der Waals surface area contributed by atoms with Crippen LogP contribution in [0.15, 0.2) is 60.7 Å². The maximum absolute atomic E-state index is 6.28. The van der Waals surface area contributed by atoms with Crippen molar-refractivity contribution >= 4 is 62.6 Å². The lowest BCUT2D eigenvalue weighted by molar-refractivity contribution is 0.415. The lowest BCUT2D eigenvalue weighted by Crippen LogP contribution is -2.17. The molecule has 40 heavy (non-hydrogen) atoms. The number of pyridine rings is 1. The van der Waals surface area contributed by atoms with E-state index in [1.54, 1.807) is 7.11 Å². The molecule has 0 aliphatic carbocycles. The standard InChI is InChI=1S/C30H33ClN8O/c1-5-19-7-14-25-24(17-19)27(23-13-8-20(31)18-26(23)35-25)32-15-6-16-33-28-36-29(38-30(37-28)39(2)3)34-21-9-11-22(40-4)12-10-21/h7-14,17-18H,5-6,15-16H2,1-4H3,(H,32,35)(H2,33,34,36,37,38). The van der Waals surface area contributed by atoms with Crippen molar-refractivity contribution in [2.75, 3.05) is 55.1 Å². The molecule has 9 nitrogen and oxygen atoms in total. The Bertz CT molecular complexity index is 1620. The Kier molecular flexibility index (Phi) is 8.31. The fraction of sp³-hybridized carbons (Fsp3) is 0.267. The highest BCUT2D eigenvalue weighted by Crippen LogP contribution is 2.33. The minimum Gasteiger partial charge on any atom is -0.497 e. The summed E-state index contributed by atoms with van der Waals surface area (Å²) >= 11 is 6.28. The van der Waals surface area contributed by atoms with E-state index in [0.717, 1.165) is 58.3 Å². The monoisotopic (exact) mass is 556 g/mol. The van der Waals surface area contributed by atoms with Gasteiger partial charge in [0.2, 0.25) is 17.8 Å².